The van der Waals surface area contributed by atoms with E-state index in [4.69, 9.17) is 4.98 Å². The van der Waals surface area contributed by atoms with Gasteiger partial charge in [-0.25, -0.2) is 4.98 Å². The molecule has 1 N–H and O–H groups in total. The van der Waals surface area contributed by atoms with E-state index in [1.807, 2.05) is 24.3 Å². The van der Waals surface area contributed by atoms with Crippen molar-refractivity contribution < 1.29 is 4.79 Å². The lowest BCUT2D eigenvalue weighted by molar-refractivity contribution is 0.0963. The summed E-state index contributed by atoms with van der Waals surface area (Å²) in [6.07, 6.45) is 0. The zero-order chi connectivity index (χ0) is 19.5. The van der Waals surface area contributed by atoms with E-state index in [0.717, 1.165) is 49.8 Å². The maximum Gasteiger partial charge on any atom is 0.251 e. The first-order chi connectivity index (χ1) is 13.7. The van der Waals surface area contributed by atoms with Crippen molar-refractivity contribution >= 4 is 47.3 Å². The van der Waals surface area contributed by atoms with Gasteiger partial charge >= 0.3 is 0 Å². The molecule has 1 aliphatic heterocycles. The highest BCUT2D eigenvalue weighted by atomic mass is 35.5. The van der Waals surface area contributed by atoms with E-state index in [2.05, 4.69) is 52.4 Å². The standard InChI is InChI=1S/C23H26N4O.2ClH/c1-3-26-12-14-27(15-13-26)22-20-7-5-4-6-19(20)16-21(25-22)17-8-10-18(11-9-17)23(28)24-2;;/h4-11,16H,3,12-15H2,1-2H3,(H,24,28);2*1H. The minimum Gasteiger partial charge on any atom is -0.355 e. The minimum absolute atomic E-state index is 0. The Bertz CT molecular complexity index is 986. The lowest BCUT2D eigenvalue weighted by atomic mass is 10.0. The van der Waals surface area contributed by atoms with Gasteiger partial charge < -0.3 is 15.1 Å². The minimum atomic E-state index is -0.0764. The molecule has 1 aliphatic rings. The summed E-state index contributed by atoms with van der Waals surface area (Å²) in [7, 11) is 1.64. The van der Waals surface area contributed by atoms with Crippen LogP contribution in [0.1, 0.15) is 17.3 Å². The Morgan fingerprint density at radius 2 is 1.67 bits per heavy atom. The Labute approximate surface area is 190 Å². The number of hydrogen-bond donors (Lipinski definition) is 1. The number of fused-ring (bicyclic) bond motifs is 1. The molecule has 1 aromatic heterocycles. The van der Waals surface area contributed by atoms with Gasteiger partial charge in [-0.05, 0) is 30.1 Å². The number of piperazine rings is 1. The van der Waals surface area contributed by atoms with Crippen LogP contribution in [0.4, 0.5) is 5.82 Å². The second-order valence-corrected chi connectivity index (χ2v) is 7.13. The van der Waals surface area contributed by atoms with E-state index in [1.165, 1.54) is 10.8 Å². The zero-order valence-electron chi connectivity index (χ0n) is 17.3. The molecule has 0 radical (unpaired) electrons. The van der Waals surface area contributed by atoms with Crippen LogP contribution in [-0.2, 0) is 0 Å². The molecule has 7 heteroatoms. The molecule has 5 nitrogen and oxygen atoms in total. The molecule has 1 fully saturated rings. The van der Waals surface area contributed by atoms with Gasteiger partial charge in [-0.3, -0.25) is 4.79 Å². The molecular formula is C23H28Cl2N4O. The molecule has 2 aromatic carbocycles. The number of halogens is 2. The third-order valence-electron chi connectivity index (χ3n) is 5.51. The second-order valence-electron chi connectivity index (χ2n) is 7.13. The summed E-state index contributed by atoms with van der Waals surface area (Å²) in [6.45, 7) is 7.43. The van der Waals surface area contributed by atoms with Gasteiger partial charge in [-0.1, -0.05) is 43.3 Å². The van der Waals surface area contributed by atoms with Crippen molar-refractivity contribution in [2.75, 3.05) is 44.7 Å². The third-order valence-corrected chi connectivity index (χ3v) is 5.51. The van der Waals surface area contributed by atoms with Crippen molar-refractivity contribution in [2.45, 2.75) is 6.92 Å². The molecule has 0 unspecified atom stereocenters. The number of amides is 1. The fraction of sp³-hybridized carbons (Fsp3) is 0.304. The summed E-state index contributed by atoms with van der Waals surface area (Å²) < 4.78 is 0. The average Bonchev–Trinajstić information content (AvgIpc) is 2.78. The maximum atomic E-state index is 11.8. The highest BCUT2D eigenvalue weighted by molar-refractivity contribution is 5.96. The summed E-state index contributed by atoms with van der Waals surface area (Å²) in [4.78, 5) is 21.7. The molecule has 4 rings (SSSR count). The fourth-order valence-electron chi connectivity index (χ4n) is 3.78. The van der Waals surface area contributed by atoms with Gasteiger partial charge in [0.05, 0.1) is 5.69 Å². The van der Waals surface area contributed by atoms with Crippen LogP contribution in [0.2, 0.25) is 0 Å². The Morgan fingerprint density at radius 1 is 1.00 bits per heavy atom. The predicted molar refractivity (Wildman–Crippen MR) is 129 cm³/mol. The van der Waals surface area contributed by atoms with Crippen LogP contribution in [0.25, 0.3) is 22.0 Å². The lowest BCUT2D eigenvalue weighted by Gasteiger charge is -2.35. The van der Waals surface area contributed by atoms with E-state index in [0.29, 0.717) is 5.56 Å². The first-order valence-electron chi connectivity index (χ1n) is 9.89. The van der Waals surface area contributed by atoms with E-state index in [-0.39, 0.29) is 30.7 Å². The van der Waals surface area contributed by atoms with Gasteiger partial charge in [0.25, 0.3) is 5.91 Å². The van der Waals surface area contributed by atoms with Crippen LogP contribution in [0.3, 0.4) is 0 Å². The normalized spacial score (nSPS) is 14.0. The molecule has 0 saturated carbocycles. The summed E-state index contributed by atoms with van der Waals surface area (Å²) in [6, 6.07) is 18.2. The monoisotopic (exact) mass is 446 g/mol. The van der Waals surface area contributed by atoms with Crippen LogP contribution in [0.15, 0.2) is 54.6 Å². The van der Waals surface area contributed by atoms with Crippen LogP contribution in [0.5, 0.6) is 0 Å². The molecule has 0 aliphatic carbocycles. The number of carbonyl (C=O) groups excluding carboxylic acids is 1. The van der Waals surface area contributed by atoms with Crippen molar-refractivity contribution in [3.8, 4) is 11.3 Å². The Kier molecular flexibility index (Phi) is 8.47. The van der Waals surface area contributed by atoms with Crippen LogP contribution in [-0.4, -0.2) is 55.6 Å². The topological polar surface area (TPSA) is 48.5 Å². The lowest BCUT2D eigenvalue weighted by Crippen LogP contribution is -2.46. The van der Waals surface area contributed by atoms with E-state index in [1.54, 1.807) is 7.05 Å². The van der Waals surface area contributed by atoms with Crippen LogP contribution < -0.4 is 10.2 Å². The Balaban J connectivity index is 0.00000160. The van der Waals surface area contributed by atoms with Crippen molar-refractivity contribution in [1.82, 2.24) is 15.2 Å². The number of nitrogens with zero attached hydrogens (tertiary/aromatic N) is 3. The fourth-order valence-corrected chi connectivity index (χ4v) is 3.78. The molecule has 30 heavy (non-hydrogen) atoms. The SMILES string of the molecule is CCN1CCN(c2nc(-c3ccc(C(=O)NC)cc3)cc3ccccc23)CC1.Cl.Cl. The van der Waals surface area contributed by atoms with Crippen LogP contribution >= 0.6 is 24.8 Å². The van der Waals surface area contributed by atoms with E-state index >= 15 is 0 Å². The number of rotatable bonds is 4. The molecule has 3 aromatic rings. The highest BCUT2D eigenvalue weighted by Gasteiger charge is 2.19. The summed E-state index contributed by atoms with van der Waals surface area (Å²) in [5.41, 5.74) is 2.62. The van der Waals surface area contributed by atoms with Crippen molar-refractivity contribution in [2.24, 2.45) is 0 Å². The highest BCUT2D eigenvalue weighted by Crippen LogP contribution is 2.30. The number of carbonyl (C=O) groups is 1. The number of pyridine rings is 1. The molecule has 160 valence electrons. The molecular weight excluding hydrogens is 419 g/mol. The molecule has 1 saturated heterocycles. The van der Waals surface area contributed by atoms with Crippen LogP contribution in [0, 0.1) is 0 Å². The van der Waals surface area contributed by atoms with E-state index < -0.39 is 0 Å². The Hall–Kier alpha value is -2.34. The van der Waals surface area contributed by atoms with Crippen molar-refractivity contribution in [3.63, 3.8) is 0 Å². The Morgan fingerprint density at radius 3 is 2.30 bits per heavy atom. The number of aromatic nitrogens is 1. The van der Waals surface area contributed by atoms with Crippen molar-refractivity contribution in [3.05, 3.63) is 60.2 Å². The number of nitrogens with one attached hydrogen (secondary N) is 1. The predicted octanol–water partition coefficient (Wildman–Crippen LogP) is 4.25. The largest absolute Gasteiger partial charge is 0.355 e. The first-order valence-corrected chi connectivity index (χ1v) is 9.89. The van der Waals surface area contributed by atoms with E-state index in [9.17, 15) is 4.79 Å². The van der Waals surface area contributed by atoms with Gasteiger partial charge in [-0.15, -0.1) is 24.8 Å². The van der Waals surface area contributed by atoms with Crippen molar-refractivity contribution in [1.29, 1.82) is 0 Å². The molecule has 0 spiro atoms. The smallest absolute Gasteiger partial charge is 0.251 e. The van der Waals surface area contributed by atoms with Gasteiger partial charge in [0.15, 0.2) is 0 Å². The summed E-state index contributed by atoms with van der Waals surface area (Å²) in [5, 5.41) is 5.04. The van der Waals surface area contributed by atoms with Gasteiger partial charge in [0, 0.05) is 49.7 Å². The summed E-state index contributed by atoms with van der Waals surface area (Å²) >= 11 is 0. The zero-order valence-corrected chi connectivity index (χ0v) is 18.9. The van der Waals surface area contributed by atoms with Gasteiger partial charge in [0.1, 0.15) is 5.82 Å². The van der Waals surface area contributed by atoms with Gasteiger partial charge in [-0.2, -0.15) is 0 Å². The first kappa shape index (κ1) is 23.9. The molecule has 0 atom stereocenters. The number of likely N-dealkylation sites (N-methyl/N-ethyl adjacent to an activating group) is 1. The molecule has 0 bridgehead atoms. The maximum absolute atomic E-state index is 11.8. The summed E-state index contributed by atoms with van der Waals surface area (Å²) in [5.74, 6) is 0.978. The third kappa shape index (κ3) is 4.86. The number of benzene rings is 2. The average molecular weight is 447 g/mol. The molecule has 2 heterocycles. The number of hydrogen-bond acceptors (Lipinski definition) is 4. The van der Waals surface area contributed by atoms with Gasteiger partial charge in [0.2, 0.25) is 0 Å². The molecule has 1 amide bonds. The quantitative estimate of drug-likeness (QED) is 0.650. The second kappa shape index (κ2) is 10.6. The number of anilines is 1.